The van der Waals surface area contributed by atoms with Crippen LogP contribution in [0.3, 0.4) is 0 Å². The van der Waals surface area contributed by atoms with Crippen molar-refractivity contribution in [1.29, 1.82) is 5.41 Å². The molecule has 0 amide bonds. The molecule has 2 rings (SSSR count). The van der Waals surface area contributed by atoms with Gasteiger partial charge in [0.2, 0.25) is 0 Å². The fraction of sp³-hybridized carbons (Fsp3) is 0.500. The summed E-state index contributed by atoms with van der Waals surface area (Å²) in [5.74, 6) is 0.886. The smallest absolute Gasteiger partial charge is 0.147 e. The number of anilines is 1. The van der Waals surface area contributed by atoms with Gasteiger partial charge < -0.3 is 10.6 Å². The van der Waals surface area contributed by atoms with E-state index < -0.39 is 0 Å². The van der Waals surface area contributed by atoms with Crippen LogP contribution in [0.15, 0.2) is 18.2 Å². The van der Waals surface area contributed by atoms with Crippen molar-refractivity contribution < 1.29 is 4.39 Å². The van der Waals surface area contributed by atoms with Crippen LogP contribution in [0, 0.1) is 23.1 Å². The highest BCUT2D eigenvalue weighted by Crippen LogP contribution is 2.29. The third kappa shape index (κ3) is 2.47. The van der Waals surface area contributed by atoms with Gasteiger partial charge in [0.25, 0.3) is 0 Å². The minimum atomic E-state index is -0.288. The summed E-state index contributed by atoms with van der Waals surface area (Å²) in [7, 11) is 0. The molecule has 2 unspecified atom stereocenters. The van der Waals surface area contributed by atoms with Crippen molar-refractivity contribution in [3.05, 3.63) is 29.6 Å². The molecule has 0 aromatic heterocycles. The zero-order valence-corrected chi connectivity index (χ0v) is 10.9. The van der Waals surface area contributed by atoms with Crippen molar-refractivity contribution in [3.63, 3.8) is 0 Å². The predicted octanol–water partition coefficient (Wildman–Crippen LogP) is 2.59. The van der Waals surface area contributed by atoms with Gasteiger partial charge in [0.05, 0.1) is 5.69 Å². The lowest BCUT2D eigenvalue weighted by Crippen LogP contribution is -2.38. The van der Waals surface area contributed by atoms with Gasteiger partial charge in [0.15, 0.2) is 0 Å². The van der Waals surface area contributed by atoms with Gasteiger partial charge in [-0.25, -0.2) is 4.39 Å². The van der Waals surface area contributed by atoms with E-state index in [0.29, 0.717) is 23.1 Å². The molecule has 1 aromatic rings. The van der Waals surface area contributed by atoms with Crippen molar-refractivity contribution in [2.24, 2.45) is 17.6 Å². The van der Waals surface area contributed by atoms with Gasteiger partial charge in [-0.1, -0.05) is 13.8 Å². The molecule has 2 atom stereocenters. The molecule has 98 valence electrons. The van der Waals surface area contributed by atoms with Gasteiger partial charge >= 0.3 is 0 Å². The van der Waals surface area contributed by atoms with E-state index in [0.717, 1.165) is 19.5 Å². The van der Waals surface area contributed by atoms with Gasteiger partial charge in [-0.3, -0.25) is 5.41 Å². The Morgan fingerprint density at radius 3 is 2.67 bits per heavy atom. The highest BCUT2D eigenvalue weighted by molar-refractivity contribution is 5.95. The van der Waals surface area contributed by atoms with Crippen molar-refractivity contribution in [3.8, 4) is 0 Å². The summed E-state index contributed by atoms with van der Waals surface area (Å²) < 4.78 is 14.0. The molecule has 0 bridgehead atoms. The molecule has 1 aliphatic heterocycles. The molecule has 1 aliphatic rings. The number of amidine groups is 1. The molecule has 4 heteroatoms. The van der Waals surface area contributed by atoms with Crippen LogP contribution in [0.2, 0.25) is 0 Å². The normalized spacial score (nSPS) is 24.1. The number of hydrogen-bond donors (Lipinski definition) is 2. The fourth-order valence-electron chi connectivity index (χ4n) is 2.41. The summed E-state index contributed by atoms with van der Waals surface area (Å²) in [4.78, 5) is 2.09. The number of halogens is 1. The topological polar surface area (TPSA) is 53.1 Å². The van der Waals surface area contributed by atoms with Crippen LogP contribution in [-0.4, -0.2) is 18.9 Å². The largest absolute Gasteiger partial charge is 0.384 e. The van der Waals surface area contributed by atoms with E-state index in [4.69, 9.17) is 11.1 Å². The SMILES string of the molecule is CC1CCN(c2ccc(C(=N)N)cc2F)CC1C. The third-order valence-electron chi connectivity index (χ3n) is 3.93. The van der Waals surface area contributed by atoms with Crippen LogP contribution in [-0.2, 0) is 0 Å². The van der Waals surface area contributed by atoms with E-state index >= 15 is 0 Å². The monoisotopic (exact) mass is 249 g/mol. The summed E-state index contributed by atoms with van der Waals surface area (Å²) in [5, 5.41) is 7.30. The van der Waals surface area contributed by atoms with Gasteiger partial charge in [-0.05, 0) is 36.5 Å². The number of nitrogen functional groups attached to an aromatic ring is 1. The van der Waals surface area contributed by atoms with Crippen LogP contribution < -0.4 is 10.6 Å². The average molecular weight is 249 g/mol. The molecule has 1 saturated heterocycles. The first-order valence-corrected chi connectivity index (χ1v) is 6.38. The average Bonchev–Trinajstić information content (AvgIpc) is 2.32. The molecule has 1 aromatic carbocycles. The first kappa shape index (κ1) is 12.9. The molecule has 0 spiro atoms. The molecule has 0 saturated carbocycles. The minimum absolute atomic E-state index is 0.0962. The standard InChI is InChI=1S/C14H20FN3/c1-9-5-6-18(8-10(9)2)13-4-3-11(14(16)17)7-12(13)15/h3-4,7,9-10H,5-6,8H2,1-2H3,(H3,16,17). The lowest BCUT2D eigenvalue weighted by molar-refractivity contribution is 0.322. The number of piperidine rings is 1. The van der Waals surface area contributed by atoms with Crippen molar-refractivity contribution in [1.82, 2.24) is 0 Å². The number of rotatable bonds is 2. The molecule has 3 nitrogen and oxygen atoms in total. The molecular weight excluding hydrogens is 229 g/mol. The zero-order chi connectivity index (χ0) is 13.3. The van der Waals surface area contributed by atoms with E-state index in [1.165, 1.54) is 6.07 Å². The Hall–Kier alpha value is -1.58. The van der Waals surface area contributed by atoms with Gasteiger partial charge in [-0.2, -0.15) is 0 Å². The van der Waals surface area contributed by atoms with Crippen molar-refractivity contribution in [2.45, 2.75) is 20.3 Å². The molecule has 0 radical (unpaired) electrons. The summed E-state index contributed by atoms with van der Waals surface area (Å²) in [5.41, 5.74) is 6.42. The summed E-state index contributed by atoms with van der Waals surface area (Å²) in [6, 6.07) is 4.79. The Bertz CT molecular complexity index is 458. The lowest BCUT2D eigenvalue weighted by Gasteiger charge is -2.37. The van der Waals surface area contributed by atoms with Gasteiger partial charge in [-0.15, -0.1) is 0 Å². The van der Waals surface area contributed by atoms with Crippen LogP contribution >= 0.6 is 0 Å². The number of hydrogen-bond acceptors (Lipinski definition) is 2. The molecule has 18 heavy (non-hydrogen) atoms. The van der Waals surface area contributed by atoms with E-state index in [1.54, 1.807) is 12.1 Å². The maximum Gasteiger partial charge on any atom is 0.147 e. The van der Waals surface area contributed by atoms with E-state index in [2.05, 4.69) is 18.7 Å². The maximum absolute atomic E-state index is 14.0. The zero-order valence-electron chi connectivity index (χ0n) is 10.9. The number of benzene rings is 1. The molecule has 1 fully saturated rings. The second kappa shape index (κ2) is 4.96. The minimum Gasteiger partial charge on any atom is -0.384 e. The predicted molar refractivity (Wildman–Crippen MR) is 72.6 cm³/mol. The highest BCUT2D eigenvalue weighted by atomic mass is 19.1. The van der Waals surface area contributed by atoms with Crippen molar-refractivity contribution in [2.75, 3.05) is 18.0 Å². The Morgan fingerprint density at radius 1 is 1.39 bits per heavy atom. The van der Waals surface area contributed by atoms with Gasteiger partial charge in [0.1, 0.15) is 11.7 Å². The molecule has 0 aliphatic carbocycles. The van der Waals surface area contributed by atoms with E-state index in [9.17, 15) is 4.39 Å². The maximum atomic E-state index is 14.0. The van der Waals surface area contributed by atoms with Gasteiger partial charge in [0, 0.05) is 18.7 Å². The van der Waals surface area contributed by atoms with E-state index in [-0.39, 0.29) is 11.7 Å². The Kier molecular flexibility index (Phi) is 3.55. The van der Waals surface area contributed by atoms with Crippen LogP contribution in [0.5, 0.6) is 0 Å². The quantitative estimate of drug-likeness (QED) is 0.625. The Morgan fingerprint density at radius 2 is 2.11 bits per heavy atom. The van der Waals surface area contributed by atoms with Crippen LogP contribution in [0.25, 0.3) is 0 Å². The van der Waals surface area contributed by atoms with Crippen molar-refractivity contribution >= 4 is 11.5 Å². The molecular formula is C14H20FN3. The Balaban J connectivity index is 2.21. The van der Waals surface area contributed by atoms with Crippen LogP contribution in [0.1, 0.15) is 25.8 Å². The highest BCUT2D eigenvalue weighted by Gasteiger charge is 2.24. The summed E-state index contributed by atoms with van der Waals surface area (Å²) in [6.07, 6.45) is 1.09. The molecule has 1 heterocycles. The second-order valence-corrected chi connectivity index (χ2v) is 5.27. The first-order valence-electron chi connectivity index (χ1n) is 6.38. The summed E-state index contributed by atoms with van der Waals surface area (Å²) >= 11 is 0. The number of nitrogens with one attached hydrogen (secondary N) is 1. The fourth-order valence-corrected chi connectivity index (χ4v) is 2.41. The molecule has 3 N–H and O–H groups in total. The van der Waals surface area contributed by atoms with Crippen LogP contribution in [0.4, 0.5) is 10.1 Å². The first-order chi connectivity index (χ1) is 8.49. The Labute approximate surface area is 107 Å². The summed E-state index contributed by atoms with van der Waals surface area (Å²) in [6.45, 7) is 6.23. The van der Waals surface area contributed by atoms with E-state index in [1.807, 2.05) is 0 Å². The second-order valence-electron chi connectivity index (χ2n) is 5.27. The lowest BCUT2D eigenvalue weighted by atomic mass is 9.88. The third-order valence-corrected chi connectivity index (χ3v) is 3.93. The number of nitrogens with zero attached hydrogens (tertiary/aromatic N) is 1. The number of nitrogens with two attached hydrogens (primary N) is 1.